The fourth-order valence-electron chi connectivity index (χ4n) is 3.87. The zero-order chi connectivity index (χ0) is 22.6. The Hall–Kier alpha value is -2.04. The van der Waals surface area contributed by atoms with Crippen molar-refractivity contribution in [1.82, 2.24) is 9.62 Å². The number of hydrogen-bond donors (Lipinski definition) is 1. The van der Waals surface area contributed by atoms with E-state index in [2.05, 4.69) is 12.2 Å². The molecule has 1 aromatic rings. The van der Waals surface area contributed by atoms with Gasteiger partial charge >= 0.3 is 5.97 Å². The van der Waals surface area contributed by atoms with Gasteiger partial charge in [0.15, 0.2) is 6.10 Å². The molecule has 1 N–H and O–H groups in total. The summed E-state index contributed by atoms with van der Waals surface area (Å²) < 4.78 is 51.4. The van der Waals surface area contributed by atoms with Gasteiger partial charge in [-0.05, 0) is 43.9 Å². The Balaban J connectivity index is 1.68. The number of rotatable bonds is 6. The summed E-state index contributed by atoms with van der Waals surface area (Å²) in [6, 6.07) is 3.05. The number of amides is 1. The molecule has 1 saturated carbocycles. The van der Waals surface area contributed by atoms with E-state index in [9.17, 15) is 22.4 Å². The fourth-order valence-corrected chi connectivity index (χ4v) is 5.37. The highest BCUT2D eigenvalue weighted by atomic mass is 32.2. The van der Waals surface area contributed by atoms with Gasteiger partial charge in [-0.1, -0.05) is 19.8 Å². The normalized spacial score (nSPS) is 23.7. The lowest BCUT2D eigenvalue weighted by molar-refractivity contribution is -0.130. The van der Waals surface area contributed by atoms with Gasteiger partial charge in [0.1, 0.15) is 10.7 Å². The summed E-state index contributed by atoms with van der Waals surface area (Å²) in [5, 5.41) is 2.92. The number of esters is 1. The highest BCUT2D eigenvalue weighted by Crippen LogP contribution is 2.24. The van der Waals surface area contributed by atoms with Crippen LogP contribution in [-0.4, -0.2) is 63.0 Å². The molecule has 3 atom stereocenters. The average molecular weight is 457 g/mol. The van der Waals surface area contributed by atoms with Crippen molar-refractivity contribution in [3.8, 4) is 0 Å². The highest BCUT2D eigenvalue weighted by Gasteiger charge is 2.31. The van der Waals surface area contributed by atoms with E-state index in [4.69, 9.17) is 9.47 Å². The Morgan fingerprint density at radius 1 is 1.23 bits per heavy atom. The van der Waals surface area contributed by atoms with E-state index >= 15 is 0 Å². The molecule has 0 bridgehead atoms. The number of ether oxygens (including phenoxy) is 2. The Bertz CT molecular complexity index is 916. The Labute approximate surface area is 182 Å². The van der Waals surface area contributed by atoms with Crippen molar-refractivity contribution in [1.29, 1.82) is 0 Å². The quantitative estimate of drug-likeness (QED) is 0.658. The van der Waals surface area contributed by atoms with E-state index in [1.807, 2.05) is 0 Å². The number of nitrogens with one attached hydrogen (secondary N) is 1. The third-order valence-electron chi connectivity index (χ3n) is 5.85. The minimum absolute atomic E-state index is 0.0403. The summed E-state index contributed by atoms with van der Waals surface area (Å²) >= 11 is 0. The van der Waals surface area contributed by atoms with Crippen LogP contribution in [0.25, 0.3) is 0 Å². The topological polar surface area (TPSA) is 102 Å². The van der Waals surface area contributed by atoms with Crippen LogP contribution in [0.4, 0.5) is 4.39 Å². The number of carbonyl (C=O) groups is 2. The molecule has 0 aromatic heterocycles. The standard InChI is InChI=1S/C21H29FN2O6S/c1-14-5-3-4-6-18(14)23-20(25)15(2)30-21(26)16-7-8-17(22)19(13-16)31(27,28)24-9-11-29-12-10-24/h7-8,13-15,18H,3-6,9-12H2,1-2H3,(H,23,25). The number of sulfonamides is 1. The van der Waals surface area contributed by atoms with Crippen LogP contribution in [0.15, 0.2) is 23.1 Å². The van der Waals surface area contributed by atoms with Gasteiger partial charge in [-0.15, -0.1) is 0 Å². The van der Waals surface area contributed by atoms with Gasteiger partial charge in [-0.2, -0.15) is 4.31 Å². The summed E-state index contributed by atoms with van der Waals surface area (Å²) in [5.74, 6) is -1.90. The van der Waals surface area contributed by atoms with Gasteiger partial charge in [-0.3, -0.25) is 4.79 Å². The molecule has 1 aliphatic carbocycles. The monoisotopic (exact) mass is 456 g/mol. The lowest BCUT2D eigenvalue weighted by Crippen LogP contribution is -2.46. The molecule has 1 heterocycles. The van der Waals surface area contributed by atoms with Crippen LogP contribution >= 0.6 is 0 Å². The van der Waals surface area contributed by atoms with E-state index in [0.717, 1.165) is 48.2 Å². The number of nitrogens with zero attached hydrogens (tertiary/aromatic N) is 1. The molecule has 2 fully saturated rings. The predicted molar refractivity (Wildman–Crippen MR) is 110 cm³/mol. The number of morpholine rings is 1. The van der Waals surface area contributed by atoms with Gasteiger partial charge < -0.3 is 14.8 Å². The van der Waals surface area contributed by atoms with Crippen molar-refractivity contribution in [3.63, 3.8) is 0 Å². The second-order valence-electron chi connectivity index (χ2n) is 8.09. The maximum absolute atomic E-state index is 14.3. The molecular weight excluding hydrogens is 427 g/mol. The molecule has 0 spiro atoms. The molecule has 1 aliphatic heterocycles. The van der Waals surface area contributed by atoms with Gasteiger partial charge in [0.25, 0.3) is 5.91 Å². The summed E-state index contributed by atoms with van der Waals surface area (Å²) in [6.45, 7) is 4.18. The number of halogens is 1. The van der Waals surface area contributed by atoms with Crippen LogP contribution in [0.5, 0.6) is 0 Å². The molecule has 2 aliphatic rings. The first-order valence-electron chi connectivity index (χ1n) is 10.6. The molecule has 8 nitrogen and oxygen atoms in total. The second kappa shape index (κ2) is 10.1. The lowest BCUT2D eigenvalue weighted by Gasteiger charge is -2.30. The lowest BCUT2D eigenvalue weighted by atomic mass is 9.86. The predicted octanol–water partition coefficient (Wildman–Crippen LogP) is 2.09. The number of hydrogen-bond acceptors (Lipinski definition) is 6. The minimum atomic E-state index is -4.13. The van der Waals surface area contributed by atoms with Crippen molar-refractivity contribution in [2.24, 2.45) is 5.92 Å². The Morgan fingerprint density at radius 2 is 1.90 bits per heavy atom. The third kappa shape index (κ3) is 5.61. The molecule has 1 amide bonds. The maximum Gasteiger partial charge on any atom is 0.338 e. The zero-order valence-corrected chi connectivity index (χ0v) is 18.6. The van der Waals surface area contributed by atoms with E-state index in [1.54, 1.807) is 0 Å². The highest BCUT2D eigenvalue weighted by molar-refractivity contribution is 7.89. The van der Waals surface area contributed by atoms with Crippen molar-refractivity contribution >= 4 is 21.9 Å². The third-order valence-corrected chi connectivity index (χ3v) is 7.76. The smallest absolute Gasteiger partial charge is 0.338 e. The van der Waals surface area contributed by atoms with Crippen molar-refractivity contribution in [3.05, 3.63) is 29.6 Å². The first kappa shape index (κ1) is 23.6. The van der Waals surface area contributed by atoms with Crippen molar-refractivity contribution in [2.45, 2.75) is 56.6 Å². The molecule has 3 rings (SSSR count). The van der Waals surface area contributed by atoms with E-state index in [-0.39, 0.29) is 37.9 Å². The summed E-state index contributed by atoms with van der Waals surface area (Å²) in [4.78, 5) is 24.4. The van der Waals surface area contributed by atoms with Crippen LogP contribution in [-0.2, 0) is 24.3 Å². The van der Waals surface area contributed by atoms with Crippen LogP contribution in [0.3, 0.4) is 0 Å². The minimum Gasteiger partial charge on any atom is -0.449 e. The zero-order valence-electron chi connectivity index (χ0n) is 17.8. The molecule has 1 aromatic carbocycles. The number of benzene rings is 1. The molecule has 1 saturated heterocycles. The fraction of sp³-hybridized carbons (Fsp3) is 0.619. The van der Waals surface area contributed by atoms with E-state index < -0.39 is 38.7 Å². The summed E-state index contributed by atoms with van der Waals surface area (Å²) in [7, 11) is -4.13. The Morgan fingerprint density at radius 3 is 2.58 bits per heavy atom. The van der Waals surface area contributed by atoms with E-state index in [1.165, 1.54) is 6.92 Å². The van der Waals surface area contributed by atoms with Gasteiger partial charge in [0.05, 0.1) is 18.8 Å². The van der Waals surface area contributed by atoms with Crippen molar-refractivity contribution < 1.29 is 31.9 Å². The van der Waals surface area contributed by atoms with Crippen LogP contribution in [0, 0.1) is 11.7 Å². The Kier molecular flexibility index (Phi) is 7.66. The van der Waals surface area contributed by atoms with Crippen LogP contribution < -0.4 is 5.32 Å². The van der Waals surface area contributed by atoms with Crippen molar-refractivity contribution in [2.75, 3.05) is 26.3 Å². The van der Waals surface area contributed by atoms with Crippen LogP contribution in [0.2, 0.25) is 0 Å². The molecule has 0 radical (unpaired) electrons. The SMILES string of the molecule is CC(OC(=O)c1ccc(F)c(S(=O)(=O)N2CCOCC2)c1)C(=O)NC1CCCCC1C. The molecule has 31 heavy (non-hydrogen) atoms. The van der Waals surface area contributed by atoms with E-state index in [0.29, 0.717) is 5.92 Å². The van der Waals surface area contributed by atoms with Gasteiger partial charge in [-0.25, -0.2) is 17.6 Å². The average Bonchev–Trinajstić information content (AvgIpc) is 2.76. The van der Waals surface area contributed by atoms with Gasteiger partial charge in [0, 0.05) is 19.1 Å². The molecule has 172 valence electrons. The first-order valence-corrected chi connectivity index (χ1v) is 12.0. The molecular formula is C21H29FN2O6S. The summed E-state index contributed by atoms with van der Waals surface area (Å²) in [6.07, 6.45) is 3.03. The maximum atomic E-state index is 14.3. The summed E-state index contributed by atoms with van der Waals surface area (Å²) in [5.41, 5.74) is -0.140. The second-order valence-corrected chi connectivity index (χ2v) is 9.99. The molecule has 10 heteroatoms. The first-order chi connectivity index (χ1) is 14.7. The largest absolute Gasteiger partial charge is 0.449 e. The van der Waals surface area contributed by atoms with Crippen LogP contribution in [0.1, 0.15) is 49.9 Å². The van der Waals surface area contributed by atoms with Gasteiger partial charge in [0.2, 0.25) is 10.0 Å². The number of carbonyl (C=O) groups excluding carboxylic acids is 2. The molecule has 3 unspecified atom stereocenters.